The van der Waals surface area contributed by atoms with Gasteiger partial charge in [-0.2, -0.15) is 5.10 Å². The standard InChI is InChI=1S/C21H23N3O3/c1-21(2,3)13-9-10-18(25)17(11-13)22-19(26)12-16-14-7-5-6-8-15(14)20(27)24(4)23-16/h5-11,25H,12H2,1-4H3,(H,22,26). The summed E-state index contributed by atoms with van der Waals surface area (Å²) < 4.78 is 1.24. The molecule has 2 N–H and O–H groups in total. The fourth-order valence-corrected chi connectivity index (χ4v) is 2.96. The smallest absolute Gasteiger partial charge is 0.274 e. The molecular formula is C21H23N3O3. The zero-order chi connectivity index (χ0) is 19.8. The minimum atomic E-state index is -0.312. The monoisotopic (exact) mass is 365 g/mol. The van der Waals surface area contributed by atoms with Crippen LogP contribution in [0.25, 0.3) is 10.8 Å². The molecule has 140 valence electrons. The molecule has 1 aromatic heterocycles. The molecule has 0 aliphatic carbocycles. The van der Waals surface area contributed by atoms with E-state index in [1.54, 1.807) is 37.4 Å². The highest BCUT2D eigenvalue weighted by atomic mass is 16.3. The molecule has 3 aromatic rings. The molecule has 0 fully saturated rings. The van der Waals surface area contributed by atoms with Gasteiger partial charge in [-0.1, -0.05) is 45.0 Å². The van der Waals surface area contributed by atoms with Gasteiger partial charge in [0.1, 0.15) is 5.75 Å². The summed E-state index contributed by atoms with van der Waals surface area (Å²) in [6, 6.07) is 12.3. The van der Waals surface area contributed by atoms with E-state index in [4.69, 9.17) is 0 Å². The molecule has 1 amide bonds. The number of nitrogens with one attached hydrogen (secondary N) is 1. The third-order valence-corrected chi connectivity index (χ3v) is 4.50. The Kier molecular flexibility index (Phi) is 4.74. The van der Waals surface area contributed by atoms with Crippen LogP contribution in [0.3, 0.4) is 0 Å². The van der Waals surface area contributed by atoms with Crippen molar-refractivity contribution in [3.05, 3.63) is 64.1 Å². The van der Waals surface area contributed by atoms with Gasteiger partial charge < -0.3 is 10.4 Å². The van der Waals surface area contributed by atoms with Crippen molar-refractivity contribution in [2.75, 3.05) is 5.32 Å². The Morgan fingerprint density at radius 3 is 2.48 bits per heavy atom. The number of phenolic OH excluding ortho intramolecular Hbond substituents is 1. The lowest BCUT2D eigenvalue weighted by atomic mass is 9.87. The molecule has 6 nitrogen and oxygen atoms in total. The lowest BCUT2D eigenvalue weighted by Crippen LogP contribution is -2.24. The third-order valence-electron chi connectivity index (χ3n) is 4.50. The molecule has 6 heteroatoms. The number of rotatable bonds is 3. The number of anilines is 1. The zero-order valence-corrected chi connectivity index (χ0v) is 15.9. The zero-order valence-electron chi connectivity index (χ0n) is 15.9. The van der Waals surface area contributed by atoms with Gasteiger partial charge in [-0.3, -0.25) is 9.59 Å². The lowest BCUT2D eigenvalue weighted by molar-refractivity contribution is -0.115. The first-order valence-corrected chi connectivity index (χ1v) is 8.75. The van der Waals surface area contributed by atoms with Crippen molar-refractivity contribution in [3.63, 3.8) is 0 Å². The summed E-state index contributed by atoms with van der Waals surface area (Å²) in [5.41, 5.74) is 1.56. The summed E-state index contributed by atoms with van der Waals surface area (Å²) >= 11 is 0. The first kappa shape index (κ1) is 18.6. The number of nitrogens with zero attached hydrogens (tertiary/aromatic N) is 2. The van der Waals surface area contributed by atoms with Crippen molar-refractivity contribution in [1.82, 2.24) is 9.78 Å². The number of benzene rings is 2. The van der Waals surface area contributed by atoms with Crippen LogP contribution >= 0.6 is 0 Å². The van der Waals surface area contributed by atoms with Gasteiger partial charge in [-0.15, -0.1) is 0 Å². The predicted molar refractivity (Wildman–Crippen MR) is 106 cm³/mol. The number of hydrogen-bond donors (Lipinski definition) is 2. The van der Waals surface area contributed by atoms with E-state index in [9.17, 15) is 14.7 Å². The third kappa shape index (κ3) is 3.84. The topological polar surface area (TPSA) is 84.2 Å². The van der Waals surface area contributed by atoms with Crippen molar-refractivity contribution in [2.45, 2.75) is 32.6 Å². The number of fused-ring (bicyclic) bond motifs is 1. The van der Waals surface area contributed by atoms with Crippen LogP contribution in [-0.2, 0) is 23.7 Å². The molecule has 0 spiro atoms. The average Bonchev–Trinajstić information content (AvgIpc) is 2.60. The van der Waals surface area contributed by atoms with Crippen LogP contribution in [0.5, 0.6) is 5.75 Å². The molecule has 0 bridgehead atoms. The van der Waals surface area contributed by atoms with Gasteiger partial charge in [0.15, 0.2) is 0 Å². The number of aromatic nitrogens is 2. The van der Waals surface area contributed by atoms with Gasteiger partial charge in [0.2, 0.25) is 5.91 Å². The first-order chi connectivity index (χ1) is 12.7. The number of phenols is 1. The van der Waals surface area contributed by atoms with Crippen molar-refractivity contribution in [2.24, 2.45) is 7.05 Å². The molecule has 0 saturated heterocycles. The maximum absolute atomic E-state index is 12.6. The van der Waals surface area contributed by atoms with Crippen LogP contribution in [0.15, 0.2) is 47.3 Å². The van der Waals surface area contributed by atoms with E-state index in [0.29, 0.717) is 22.2 Å². The summed E-state index contributed by atoms with van der Waals surface area (Å²) in [5.74, 6) is -0.303. The second kappa shape index (κ2) is 6.87. The number of aromatic hydroxyl groups is 1. The maximum Gasteiger partial charge on any atom is 0.274 e. The van der Waals surface area contributed by atoms with E-state index in [2.05, 4.69) is 31.2 Å². The van der Waals surface area contributed by atoms with E-state index < -0.39 is 0 Å². The molecule has 27 heavy (non-hydrogen) atoms. The summed E-state index contributed by atoms with van der Waals surface area (Å²) in [4.78, 5) is 24.8. The number of carbonyl (C=O) groups excluding carboxylic acids is 1. The van der Waals surface area contributed by atoms with E-state index in [1.165, 1.54) is 4.68 Å². The van der Waals surface area contributed by atoms with Gasteiger partial charge in [0.05, 0.1) is 23.2 Å². The van der Waals surface area contributed by atoms with E-state index in [0.717, 1.165) is 5.56 Å². The summed E-state index contributed by atoms with van der Waals surface area (Å²) in [7, 11) is 1.56. The lowest BCUT2D eigenvalue weighted by Gasteiger charge is -2.20. The number of aryl methyl sites for hydroxylation is 1. The fourth-order valence-electron chi connectivity index (χ4n) is 2.96. The Hall–Kier alpha value is -3.15. The summed E-state index contributed by atoms with van der Waals surface area (Å²) in [6.07, 6.45) is -0.00613. The van der Waals surface area contributed by atoms with Crippen molar-refractivity contribution >= 4 is 22.4 Å². The van der Waals surface area contributed by atoms with Crippen LogP contribution in [0.1, 0.15) is 32.0 Å². The SMILES string of the molecule is Cn1nc(CC(=O)Nc2cc(C(C)(C)C)ccc2O)c2ccccc2c1=O. The van der Waals surface area contributed by atoms with Crippen LogP contribution in [0, 0.1) is 0 Å². The second-order valence-electron chi connectivity index (χ2n) is 7.63. The molecule has 0 unspecified atom stereocenters. The van der Waals surface area contributed by atoms with Crippen molar-refractivity contribution in [1.29, 1.82) is 0 Å². The Bertz CT molecular complexity index is 1080. The Morgan fingerprint density at radius 2 is 1.81 bits per heavy atom. The highest BCUT2D eigenvalue weighted by Gasteiger charge is 2.17. The van der Waals surface area contributed by atoms with Crippen LogP contribution < -0.4 is 10.9 Å². The van der Waals surface area contributed by atoms with Gasteiger partial charge in [-0.25, -0.2) is 4.68 Å². The molecular weight excluding hydrogens is 342 g/mol. The summed E-state index contributed by atoms with van der Waals surface area (Å²) in [5, 5.41) is 18.3. The molecule has 0 radical (unpaired) electrons. The van der Waals surface area contributed by atoms with E-state index in [-0.39, 0.29) is 29.1 Å². The predicted octanol–water partition coefficient (Wildman–Crippen LogP) is 3.12. The van der Waals surface area contributed by atoms with E-state index in [1.807, 2.05) is 12.1 Å². The molecule has 0 atom stereocenters. The van der Waals surface area contributed by atoms with E-state index >= 15 is 0 Å². The van der Waals surface area contributed by atoms with Crippen LogP contribution in [-0.4, -0.2) is 20.8 Å². The molecule has 1 heterocycles. The first-order valence-electron chi connectivity index (χ1n) is 8.75. The van der Waals surface area contributed by atoms with Gasteiger partial charge >= 0.3 is 0 Å². The highest BCUT2D eigenvalue weighted by molar-refractivity contribution is 5.96. The van der Waals surface area contributed by atoms with Crippen molar-refractivity contribution in [3.8, 4) is 5.75 Å². The molecule has 0 aliphatic rings. The Morgan fingerprint density at radius 1 is 1.15 bits per heavy atom. The number of hydrogen-bond acceptors (Lipinski definition) is 4. The maximum atomic E-state index is 12.6. The average molecular weight is 365 g/mol. The normalized spacial score (nSPS) is 11.6. The number of amides is 1. The molecule has 2 aromatic carbocycles. The molecule has 0 saturated carbocycles. The fraction of sp³-hybridized carbons (Fsp3) is 0.286. The minimum Gasteiger partial charge on any atom is -0.506 e. The van der Waals surface area contributed by atoms with Crippen LogP contribution in [0.2, 0.25) is 0 Å². The summed E-state index contributed by atoms with van der Waals surface area (Å²) in [6.45, 7) is 6.18. The Balaban J connectivity index is 1.91. The van der Waals surface area contributed by atoms with Gasteiger partial charge in [0, 0.05) is 12.4 Å². The quantitative estimate of drug-likeness (QED) is 0.699. The van der Waals surface area contributed by atoms with Gasteiger partial charge in [0.25, 0.3) is 5.56 Å². The van der Waals surface area contributed by atoms with Gasteiger partial charge in [-0.05, 0) is 29.2 Å². The molecule has 0 aliphatic heterocycles. The van der Waals surface area contributed by atoms with Crippen LogP contribution in [0.4, 0.5) is 5.69 Å². The number of carbonyl (C=O) groups is 1. The second-order valence-corrected chi connectivity index (χ2v) is 7.63. The Labute approximate surface area is 157 Å². The molecule has 3 rings (SSSR count). The highest BCUT2D eigenvalue weighted by Crippen LogP contribution is 2.30. The minimum absolute atomic E-state index is 0.00613. The largest absolute Gasteiger partial charge is 0.506 e. The van der Waals surface area contributed by atoms with Crippen molar-refractivity contribution < 1.29 is 9.90 Å².